The minimum atomic E-state index is -0.752. The van der Waals surface area contributed by atoms with E-state index in [4.69, 9.17) is 0 Å². The highest BCUT2D eigenvalue weighted by Crippen LogP contribution is 2.42. The molecule has 2 aliphatic carbocycles. The molecule has 4 heterocycles. The normalized spacial score (nSPS) is 18.0. The lowest BCUT2D eigenvalue weighted by atomic mass is 10.0. The summed E-state index contributed by atoms with van der Waals surface area (Å²) in [7, 11) is 0. The number of nitrogens with zero attached hydrogens (tertiary/aromatic N) is 6. The number of carbonyl (C=O) groups excluding carboxylic acids is 3. The van der Waals surface area contributed by atoms with Crippen molar-refractivity contribution in [3.05, 3.63) is 107 Å². The molecule has 50 heavy (non-hydrogen) atoms. The first-order chi connectivity index (χ1) is 24.1. The molecule has 12 heteroatoms. The fourth-order valence-corrected chi connectivity index (χ4v) is 6.50. The minimum Gasteiger partial charge on any atom is -0.388 e. The van der Waals surface area contributed by atoms with Gasteiger partial charge in [-0.05, 0) is 99.0 Å². The number of aliphatic hydroxyl groups excluding tert-OH is 1. The zero-order valence-corrected chi connectivity index (χ0v) is 27.9. The standard InChI is InChI=1S/C19H20FN3O2.C19H18FN3O2/c2*1-12-6-7-21-11-17(12)23-9-8-22(19(23)25)14-4-5-15(16(20)10-14)18(24)13-2-3-13/h4-7,10-11,13,18,24H,2-3,8-9H2,1H3;4-7,10-11,13H,2-3,8-9H2,1H3. The number of Topliss-reactive ketones (excluding diaryl/α,β-unsaturated/α-hetero) is 1. The number of aliphatic hydroxyl groups is 1. The number of carbonyl (C=O) groups is 3. The molecule has 4 amide bonds. The Bertz CT molecular complexity index is 1970. The molecular formula is C38H38F2N6O4. The van der Waals surface area contributed by atoms with Gasteiger partial charge in [0.2, 0.25) is 0 Å². The molecule has 4 fully saturated rings. The molecule has 0 spiro atoms. The molecule has 1 atom stereocenters. The van der Waals surface area contributed by atoms with Gasteiger partial charge in [-0.25, -0.2) is 18.4 Å². The SMILES string of the molecule is Cc1ccncc1N1CCN(c2ccc(C(=O)C3CC3)c(F)c2)C1=O.Cc1ccncc1N1CCN(c2ccc(C(O)C3CC3)c(F)c2)C1=O. The lowest BCUT2D eigenvalue weighted by molar-refractivity contribution is 0.0963. The number of benzene rings is 2. The van der Waals surface area contributed by atoms with Crippen LogP contribution in [0.1, 0.15) is 58.8 Å². The Kier molecular flexibility index (Phi) is 9.04. The number of hydrogen-bond acceptors (Lipinski definition) is 6. The van der Waals surface area contributed by atoms with Gasteiger partial charge in [0.15, 0.2) is 5.78 Å². The van der Waals surface area contributed by atoms with Gasteiger partial charge in [-0.15, -0.1) is 0 Å². The van der Waals surface area contributed by atoms with Crippen molar-refractivity contribution in [3.63, 3.8) is 0 Å². The molecule has 1 unspecified atom stereocenters. The van der Waals surface area contributed by atoms with Crippen molar-refractivity contribution < 1.29 is 28.3 Å². The van der Waals surface area contributed by atoms with Crippen LogP contribution in [-0.2, 0) is 0 Å². The van der Waals surface area contributed by atoms with Crippen molar-refractivity contribution >= 4 is 40.6 Å². The van der Waals surface area contributed by atoms with Gasteiger partial charge < -0.3 is 5.11 Å². The molecule has 0 bridgehead atoms. The van der Waals surface area contributed by atoms with Crippen LogP contribution in [0.5, 0.6) is 0 Å². The number of pyridine rings is 2. The summed E-state index contributed by atoms with van der Waals surface area (Å²) in [5.74, 6) is -1.01. The van der Waals surface area contributed by atoms with Gasteiger partial charge in [0, 0.05) is 61.4 Å². The molecular weight excluding hydrogens is 642 g/mol. The molecule has 8 rings (SSSR count). The summed E-state index contributed by atoms with van der Waals surface area (Å²) in [4.78, 5) is 52.1. The summed E-state index contributed by atoms with van der Waals surface area (Å²) < 4.78 is 28.8. The van der Waals surface area contributed by atoms with Crippen LogP contribution in [0.25, 0.3) is 0 Å². The van der Waals surface area contributed by atoms with Crippen molar-refractivity contribution in [2.45, 2.75) is 45.6 Å². The Labute approximate surface area is 289 Å². The fourth-order valence-electron chi connectivity index (χ4n) is 6.50. The monoisotopic (exact) mass is 680 g/mol. The van der Waals surface area contributed by atoms with E-state index in [1.165, 1.54) is 23.1 Å². The van der Waals surface area contributed by atoms with E-state index in [0.29, 0.717) is 43.1 Å². The van der Waals surface area contributed by atoms with Gasteiger partial charge in [0.05, 0.1) is 35.4 Å². The predicted octanol–water partition coefficient (Wildman–Crippen LogP) is 6.99. The van der Waals surface area contributed by atoms with Crippen LogP contribution in [0.3, 0.4) is 0 Å². The van der Waals surface area contributed by atoms with Crippen LogP contribution < -0.4 is 19.6 Å². The van der Waals surface area contributed by atoms with E-state index in [2.05, 4.69) is 9.97 Å². The Hall–Kier alpha value is -5.23. The van der Waals surface area contributed by atoms with E-state index in [1.54, 1.807) is 57.7 Å². The molecule has 2 saturated carbocycles. The van der Waals surface area contributed by atoms with Crippen LogP contribution in [-0.4, -0.2) is 59.1 Å². The van der Waals surface area contributed by atoms with E-state index in [0.717, 1.165) is 48.2 Å². The van der Waals surface area contributed by atoms with Gasteiger partial charge in [0.1, 0.15) is 11.6 Å². The average molecular weight is 681 g/mol. The van der Waals surface area contributed by atoms with Gasteiger partial charge in [-0.2, -0.15) is 0 Å². The zero-order chi connectivity index (χ0) is 35.1. The maximum absolute atomic E-state index is 14.4. The number of ketones is 1. The topological polar surface area (TPSA) is 110 Å². The lowest BCUT2D eigenvalue weighted by Crippen LogP contribution is -2.32. The summed E-state index contributed by atoms with van der Waals surface area (Å²) >= 11 is 0. The van der Waals surface area contributed by atoms with E-state index in [1.807, 2.05) is 26.0 Å². The van der Waals surface area contributed by atoms with Crippen LogP contribution in [0.15, 0.2) is 73.3 Å². The number of hydrogen-bond donors (Lipinski definition) is 1. The summed E-state index contributed by atoms with van der Waals surface area (Å²) in [5, 5.41) is 10.1. The molecule has 2 aliphatic heterocycles. The molecule has 2 saturated heterocycles. The van der Waals surface area contributed by atoms with Crippen molar-refractivity contribution in [3.8, 4) is 0 Å². The van der Waals surface area contributed by atoms with Crippen LogP contribution >= 0.6 is 0 Å². The number of halogens is 2. The third-order valence-electron chi connectivity index (χ3n) is 9.78. The summed E-state index contributed by atoms with van der Waals surface area (Å²) in [6.45, 7) is 5.83. The van der Waals surface area contributed by atoms with Gasteiger partial charge in [-0.3, -0.25) is 34.4 Å². The molecule has 4 aliphatic rings. The number of urea groups is 2. The van der Waals surface area contributed by atoms with Crippen molar-refractivity contribution in [1.82, 2.24) is 9.97 Å². The predicted molar refractivity (Wildman–Crippen MR) is 186 cm³/mol. The smallest absolute Gasteiger partial charge is 0.329 e. The summed E-state index contributed by atoms with van der Waals surface area (Å²) in [5.41, 5.74) is 4.89. The second-order valence-electron chi connectivity index (χ2n) is 13.3. The number of amides is 4. The zero-order valence-electron chi connectivity index (χ0n) is 27.9. The first-order valence-electron chi connectivity index (χ1n) is 16.9. The highest BCUT2D eigenvalue weighted by atomic mass is 19.1. The van der Waals surface area contributed by atoms with Crippen LogP contribution in [0, 0.1) is 37.3 Å². The van der Waals surface area contributed by atoms with E-state index >= 15 is 0 Å². The quantitative estimate of drug-likeness (QED) is 0.201. The van der Waals surface area contributed by atoms with Crippen LogP contribution in [0.4, 0.5) is 41.1 Å². The van der Waals surface area contributed by atoms with Crippen LogP contribution in [0.2, 0.25) is 0 Å². The Morgan fingerprint density at radius 1 is 0.720 bits per heavy atom. The molecule has 1 N–H and O–H groups in total. The average Bonchev–Trinajstić information content (AvgIpc) is 4.05. The Morgan fingerprint density at radius 2 is 1.22 bits per heavy atom. The van der Waals surface area contributed by atoms with Gasteiger partial charge in [-0.1, -0.05) is 6.07 Å². The maximum atomic E-state index is 14.4. The maximum Gasteiger partial charge on any atom is 0.329 e. The second-order valence-corrected chi connectivity index (χ2v) is 13.3. The van der Waals surface area contributed by atoms with Crippen molar-refractivity contribution in [2.24, 2.45) is 11.8 Å². The van der Waals surface area contributed by atoms with Crippen molar-refractivity contribution in [1.29, 1.82) is 0 Å². The largest absolute Gasteiger partial charge is 0.388 e. The van der Waals surface area contributed by atoms with E-state index in [9.17, 15) is 28.3 Å². The number of anilines is 4. The third kappa shape index (κ3) is 6.55. The Balaban J connectivity index is 0.000000157. The number of aryl methyl sites for hydroxylation is 2. The Morgan fingerprint density at radius 3 is 1.68 bits per heavy atom. The molecule has 4 aromatic rings. The molecule has 2 aromatic heterocycles. The highest BCUT2D eigenvalue weighted by Gasteiger charge is 2.36. The van der Waals surface area contributed by atoms with Crippen molar-refractivity contribution in [2.75, 3.05) is 45.8 Å². The molecule has 0 radical (unpaired) electrons. The highest BCUT2D eigenvalue weighted by molar-refractivity contribution is 6.07. The number of rotatable bonds is 8. The summed E-state index contributed by atoms with van der Waals surface area (Å²) in [6.07, 6.45) is 9.50. The molecule has 10 nitrogen and oxygen atoms in total. The summed E-state index contributed by atoms with van der Waals surface area (Å²) in [6, 6.07) is 12.4. The molecule has 2 aromatic carbocycles. The van der Waals surface area contributed by atoms with Gasteiger partial charge >= 0.3 is 12.1 Å². The lowest BCUT2D eigenvalue weighted by Gasteiger charge is -2.20. The third-order valence-corrected chi connectivity index (χ3v) is 9.78. The first kappa shape index (κ1) is 33.3. The van der Waals surface area contributed by atoms with E-state index < -0.39 is 17.7 Å². The molecule has 258 valence electrons. The first-order valence-corrected chi connectivity index (χ1v) is 16.9. The second kappa shape index (κ2) is 13.6. The number of aromatic nitrogens is 2. The minimum absolute atomic E-state index is 0.0298. The van der Waals surface area contributed by atoms with E-state index in [-0.39, 0.29) is 35.2 Å². The van der Waals surface area contributed by atoms with Gasteiger partial charge in [0.25, 0.3) is 0 Å². The fraction of sp³-hybridized carbons (Fsp3) is 0.342.